The van der Waals surface area contributed by atoms with E-state index in [1.807, 2.05) is 18.7 Å². The smallest absolute Gasteiger partial charge is 0.254 e. The van der Waals surface area contributed by atoms with Gasteiger partial charge in [-0.1, -0.05) is 13.8 Å². The van der Waals surface area contributed by atoms with Gasteiger partial charge in [-0.3, -0.25) is 9.59 Å². The molecule has 2 amide bonds. The van der Waals surface area contributed by atoms with Crippen LogP contribution < -0.4 is 0 Å². The molecule has 3 rings (SSSR count). The van der Waals surface area contributed by atoms with E-state index >= 15 is 0 Å². The van der Waals surface area contributed by atoms with Crippen LogP contribution in [0.2, 0.25) is 0 Å². The summed E-state index contributed by atoms with van der Waals surface area (Å²) < 4.78 is 5.49. The Morgan fingerprint density at radius 2 is 1.78 bits per heavy atom. The van der Waals surface area contributed by atoms with Crippen molar-refractivity contribution in [2.75, 3.05) is 26.2 Å². The van der Waals surface area contributed by atoms with Gasteiger partial charge in [-0.2, -0.15) is 0 Å². The lowest BCUT2D eigenvalue weighted by atomic mass is 10.1. The number of rotatable bonds is 2. The van der Waals surface area contributed by atoms with Gasteiger partial charge in [-0.05, 0) is 18.2 Å². The van der Waals surface area contributed by atoms with E-state index in [2.05, 4.69) is 4.98 Å². The van der Waals surface area contributed by atoms with Crippen LogP contribution >= 0.6 is 0 Å². The molecule has 6 heteroatoms. The maximum absolute atomic E-state index is 12.6. The van der Waals surface area contributed by atoms with E-state index in [9.17, 15) is 9.59 Å². The molecule has 122 valence electrons. The highest BCUT2D eigenvalue weighted by Crippen LogP contribution is 2.19. The number of fused-ring (bicyclic) bond motifs is 1. The number of carbonyl (C=O) groups excluding carboxylic acids is 2. The quantitative estimate of drug-likeness (QED) is 0.851. The van der Waals surface area contributed by atoms with E-state index in [0.717, 1.165) is 5.52 Å². The molecule has 1 saturated heterocycles. The normalized spacial score (nSPS) is 15.5. The van der Waals surface area contributed by atoms with Gasteiger partial charge in [0.25, 0.3) is 5.91 Å². The first-order valence-electron chi connectivity index (χ1n) is 7.91. The van der Waals surface area contributed by atoms with E-state index in [0.29, 0.717) is 43.2 Å². The lowest BCUT2D eigenvalue weighted by molar-refractivity contribution is -0.135. The first-order valence-corrected chi connectivity index (χ1v) is 7.91. The zero-order chi connectivity index (χ0) is 16.6. The van der Waals surface area contributed by atoms with Gasteiger partial charge in [0.15, 0.2) is 11.5 Å². The highest BCUT2D eigenvalue weighted by molar-refractivity contribution is 5.97. The summed E-state index contributed by atoms with van der Waals surface area (Å²) in [5.41, 5.74) is 1.98. The molecule has 1 aliphatic heterocycles. The highest BCUT2D eigenvalue weighted by Gasteiger charge is 2.26. The lowest BCUT2D eigenvalue weighted by Crippen LogP contribution is -2.51. The monoisotopic (exact) mass is 315 g/mol. The molecule has 0 spiro atoms. The van der Waals surface area contributed by atoms with Gasteiger partial charge in [0.1, 0.15) is 5.52 Å². The summed E-state index contributed by atoms with van der Waals surface area (Å²) in [6.45, 7) is 7.88. The van der Waals surface area contributed by atoms with Crippen LogP contribution in [0.4, 0.5) is 0 Å². The third-order valence-electron chi connectivity index (χ3n) is 4.11. The molecule has 0 unspecified atom stereocenters. The van der Waals surface area contributed by atoms with Gasteiger partial charge in [-0.25, -0.2) is 4.98 Å². The molecular weight excluding hydrogens is 294 g/mol. The number of carbonyl (C=O) groups is 2. The number of piperazine rings is 1. The summed E-state index contributed by atoms with van der Waals surface area (Å²) in [4.78, 5) is 32.5. The molecule has 1 aliphatic rings. The summed E-state index contributed by atoms with van der Waals surface area (Å²) in [6, 6.07) is 5.32. The molecule has 1 aromatic heterocycles. The largest absolute Gasteiger partial charge is 0.441 e. The Hall–Kier alpha value is -2.37. The minimum absolute atomic E-state index is 0.00523. The molecule has 2 aromatic rings. The average Bonchev–Trinajstić information content (AvgIpc) is 2.92. The van der Waals surface area contributed by atoms with Gasteiger partial charge in [0, 0.05) is 44.6 Å². The molecule has 0 bridgehead atoms. The van der Waals surface area contributed by atoms with Crippen LogP contribution in [-0.2, 0) is 4.79 Å². The fourth-order valence-electron chi connectivity index (χ4n) is 2.85. The lowest BCUT2D eigenvalue weighted by Gasteiger charge is -2.35. The molecule has 0 aliphatic carbocycles. The van der Waals surface area contributed by atoms with Gasteiger partial charge in [0.05, 0.1) is 0 Å². The van der Waals surface area contributed by atoms with E-state index in [1.54, 1.807) is 30.0 Å². The molecule has 2 heterocycles. The summed E-state index contributed by atoms with van der Waals surface area (Å²) in [5.74, 6) is 0.702. The molecule has 0 radical (unpaired) electrons. The van der Waals surface area contributed by atoms with Crippen LogP contribution in [0.5, 0.6) is 0 Å². The Morgan fingerprint density at radius 1 is 1.13 bits per heavy atom. The number of oxazole rings is 1. The number of hydrogen-bond acceptors (Lipinski definition) is 4. The molecule has 0 saturated carbocycles. The maximum atomic E-state index is 12.6. The van der Waals surface area contributed by atoms with Crippen molar-refractivity contribution in [2.45, 2.75) is 20.8 Å². The number of nitrogens with zero attached hydrogens (tertiary/aromatic N) is 3. The predicted octanol–water partition coefficient (Wildman–Crippen LogP) is 2.08. The van der Waals surface area contributed by atoms with Crippen molar-refractivity contribution in [1.82, 2.24) is 14.8 Å². The van der Waals surface area contributed by atoms with Crippen LogP contribution in [-0.4, -0.2) is 52.8 Å². The van der Waals surface area contributed by atoms with Crippen LogP contribution in [0, 0.1) is 12.8 Å². The average molecular weight is 315 g/mol. The Bertz CT molecular complexity index is 743. The number of amides is 2. The van der Waals surface area contributed by atoms with E-state index in [-0.39, 0.29) is 17.7 Å². The second kappa shape index (κ2) is 6.02. The van der Waals surface area contributed by atoms with Crippen molar-refractivity contribution >= 4 is 22.9 Å². The van der Waals surface area contributed by atoms with Gasteiger partial charge in [-0.15, -0.1) is 0 Å². The predicted molar refractivity (Wildman–Crippen MR) is 86.1 cm³/mol. The van der Waals surface area contributed by atoms with Crippen LogP contribution in [0.25, 0.3) is 11.1 Å². The van der Waals surface area contributed by atoms with Crippen LogP contribution in [0.1, 0.15) is 30.1 Å². The molecule has 1 fully saturated rings. The second-order valence-corrected chi connectivity index (χ2v) is 6.19. The minimum Gasteiger partial charge on any atom is -0.441 e. The number of aromatic nitrogens is 1. The van der Waals surface area contributed by atoms with Gasteiger partial charge < -0.3 is 14.2 Å². The fourth-order valence-corrected chi connectivity index (χ4v) is 2.85. The standard InChI is InChI=1S/C17H21N3O3/c1-11(2)16(21)19-6-8-20(9-7-19)17(22)13-4-5-14-15(10-13)23-12(3)18-14/h4-5,10-11H,6-9H2,1-3H3. The zero-order valence-electron chi connectivity index (χ0n) is 13.7. The third kappa shape index (κ3) is 3.06. The first kappa shape index (κ1) is 15.5. The molecule has 1 aromatic carbocycles. The van der Waals surface area contributed by atoms with Crippen molar-refractivity contribution in [1.29, 1.82) is 0 Å². The summed E-state index contributed by atoms with van der Waals surface area (Å²) in [5, 5.41) is 0. The Labute approximate surface area is 135 Å². The Kier molecular flexibility index (Phi) is 4.07. The highest BCUT2D eigenvalue weighted by atomic mass is 16.3. The molecule has 0 atom stereocenters. The maximum Gasteiger partial charge on any atom is 0.254 e. The van der Waals surface area contributed by atoms with Crippen molar-refractivity contribution in [3.8, 4) is 0 Å². The van der Waals surface area contributed by atoms with Gasteiger partial charge >= 0.3 is 0 Å². The first-order chi connectivity index (χ1) is 11.0. The topological polar surface area (TPSA) is 66.7 Å². The van der Waals surface area contributed by atoms with Crippen molar-refractivity contribution in [3.05, 3.63) is 29.7 Å². The molecule has 0 N–H and O–H groups in total. The van der Waals surface area contributed by atoms with E-state index < -0.39 is 0 Å². The van der Waals surface area contributed by atoms with E-state index in [1.165, 1.54) is 0 Å². The fraction of sp³-hybridized carbons (Fsp3) is 0.471. The number of aryl methyl sites for hydroxylation is 1. The molecule has 6 nitrogen and oxygen atoms in total. The Balaban J connectivity index is 1.69. The van der Waals surface area contributed by atoms with Crippen LogP contribution in [0.3, 0.4) is 0 Å². The number of hydrogen-bond donors (Lipinski definition) is 0. The van der Waals surface area contributed by atoms with Crippen molar-refractivity contribution < 1.29 is 14.0 Å². The molecule has 23 heavy (non-hydrogen) atoms. The summed E-state index contributed by atoms with van der Waals surface area (Å²) in [7, 11) is 0. The third-order valence-corrected chi connectivity index (χ3v) is 4.11. The van der Waals surface area contributed by atoms with E-state index in [4.69, 9.17) is 4.42 Å². The Morgan fingerprint density at radius 3 is 2.43 bits per heavy atom. The summed E-state index contributed by atoms with van der Waals surface area (Å²) in [6.07, 6.45) is 0. The number of benzene rings is 1. The second-order valence-electron chi connectivity index (χ2n) is 6.19. The SMILES string of the molecule is Cc1nc2ccc(C(=O)N3CCN(C(=O)C(C)C)CC3)cc2o1. The van der Waals surface area contributed by atoms with Crippen molar-refractivity contribution in [2.24, 2.45) is 5.92 Å². The van der Waals surface area contributed by atoms with Gasteiger partial charge in [0.2, 0.25) is 5.91 Å². The molecular formula is C17H21N3O3. The summed E-state index contributed by atoms with van der Waals surface area (Å²) >= 11 is 0. The minimum atomic E-state index is -0.0300. The zero-order valence-corrected chi connectivity index (χ0v) is 13.7. The van der Waals surface area contributed by atoms with Crippen molar-refractivity contribution in [3.63, 3.8) is 0 Å². The van der Waals surface area contributed by atoms with Crippen LogP contribution in [0.15, 0.2) is 22.6 Å².